The fraction of sp³-hybridized carbons (Fsp3) is 0.217. The van der Waals surface area contributed by atoms with Crippen LogP contribution in [0.25, 0.3) is 6.08 Å². The van der Waals surface area contributed by atoms with E-state index < -0.39 is 5.91 Å². The summed E-state index contributed by atoms with van der Waals surface area (Å²) in [6, 6.07) is 14.7. The number of rotatable bonds is 9. The number of methoxy groups -OCH3 is 2. The molecule has 1 aromatic heterocycles. The molecule has 3 rings (SSSR count). The lowest BCUT2D eigenvalue weighted by molar-refractivity contribution is -0.112. The van der Waals surface area contributed by atoms with Crippen molar-refractivity contribution in [3.63, 3.8) is 0 Å². The topological polar surface area (TPSA) is 106 Å². The summed E-state index contributed by atoms with van der Waals surface area (Å²) in [5.41, 5.74) is 1.50. The van der Waals surface area contributed by atoms with E-state index in [1.165, 1.54) is 24.5 Å². The van der Waals surface area contributed by atoms with Crippen LogP contribution in [0.5, 0.6) is 17.2 Å². The van der Waals surface area contributed by atoms with Gasteiger partial charge in [-0.2, -0.15) is 5.26 Å². The van der Waals surface area contributed by atoms with Gasteiger partial charge in [-0.15, -0.1) is 10.2 Å². The molecule has 0 aliphatic carbocycles. The number of nitriles is 1. The Labute approximate surface area is 190 Å². The van der Waals surface area contributed by atoms with Crippen LogP contribution in [-0.2, 0) is 17.8 Å². The van der Waals surface area contributed by atoms with Gasteiger partial charge in [-0.1, -0.05) is 36.5 Å². The summed E-state index contributed by atoms with van der Waals surface area (Å²) in [4.78, 5) is 12.4. The Bertz CT molecular complexity index is 1170. The van der Waals surface area contributed by atoms with Crippen molar-refractivity contribution < 1.29 is 19.0 Å². The Morgan fingerprint density at radius 1 is 1.16 bits per heavy atom. The Hall–Kier alpha value is -3.90. The quantitative estimate of drug-likeness (QED) is 0.384. The third kappa shape index (κ3) is 5.83. The maximum absolute atomic E-state index is 12.4. The van der Waals surface area contributed by atoms with Gasteiger partial charge in [0.1, 0.15) is 29.0 Å². The van der Waals surface area contributed by atoms with Gasteiger partial charge in [0, 0.05) is 0 Å². The summed E-state index contributed by atoms with van der Waals surface area (Å²) in [6.07, 6.45) is 2.20. The minimum Gasteiger partial charge on any atom is -0.497 e. The molecule has 0 unspecified atom stereocenters. The van der Waals surface area contributed by atoms with Gasteiger partial charge in [-0.05, 0) is 47.9 Å². The molecule has 8 nitrogen and oxygen atoms in total. The van der Waals surface area contributed by atoms with Gasteiger partial charge in [0.05, 0.1) is 14.2 Å². The molecule has 0 atom stereocenters. The highest BCUT2D eigenvalue weighted by Crippen LogP contribution is 2.30. The van der Waals surface area contributed by atoms with Crippen molar-refractivity contribution in [2.24, 2.45) is 0 Å². The summed E-state index contributed by atoms with van der Waals surface area (Å²) < 4.78 is 16.5. The van der Waals surface area contributed by atoms with Crippen LogP contribution in [0.4, 0.5) is 5.13 Å². The number of nitrogens with one attached hydrogen (secondary N) is 1. The first kappa shape index (κ1) is 22.8. The molecule has 0 aliphatic rings. The van der Waals surface area contributed by atoms with Gasteiger partial charge in [0.25, 0.3) is 5.91 Å². The molecule has 0 saturated carbocycles. The van der Waals surface area contributed by atoms with Gasteiger partial charge >= 0.3 is 0 Å². The molecule has 3 aromatic rings. The molecule has 32 heavy (non-hydrogen) atoms. The van der Waals surface area contributed by atoms with Crippen LogP contribution < -0.4 is 19.5 Å². The van der Waals surface area contributed by atoms with E-state index in [9.17, 15) is 10.1 Å². The number of ether oxygens (including phenoxy) is 3. The summed E-state index contributed by atoms with van der Waals surface area (Å²) in [6.45, 7) is 2.28. The zero-order valence-corrected chi connectivity index (χ0v) is 18.7. The number of hydrogen-bond donors (Lipinski definition) is 1. The third-order valence-corrected chi connectivity index (χ3v) is 5.37. The largest absolute Gasteiger partial charge is 0.497 e. The number of aromatic nitrogens is 2. The highest BCUT2D eigenvalue weighted by atomic mass is 32.1. The summed E-state index contributed by atoms with van der Waals surface area (Å²) in [5.74, 6) is 1.22. The van der Waals surface area contributed by atoms with Crippen molar-refractivity contribution in [3.05, 3.63) is 64.2 Å². The number of nitrogens with zero attached hydrogens (tertiary/aromatic N) is 3. The van der Waals surface area contributed by atoms with Gasteiger partial charge < -0.3 is 14.2 Å². The number of anilines is 1. The van der Waals surface area contributed by atoms with Gasteiger partial charge in [-0.25, -0.2) is 0 Å². The maximum Gasteiger partial charge on any atom is 0.268 e. The molecule has 1 N–H and O–H groups in total. The minimum absolute atomic E-state index is 0.0645. The Morgan fingerprint density at radius 3 is 2.69 bits per heavy atom. The number of aryl methyl sites for hydroxylation is 1. The van der Waals surface area contributed by atoms with Crippen molar-refractivity contribution in [2.75, 3.05) is 19.5 Å². The molecule has 0 spiro atoms. The Morgan fingerprint density at radius 2 is 2.00 bits per heavy atom. The zero-order chi connectivity index (χ0) is 22.9. The molecule has 164 valence electrons. The number of carbonyl (C=O) groups is 1. The second kappa shape index (κ2) is 10.9. The standard InChI is InChI=1S/C23H22N4O4S/c1-4-21-26-27-23(32-21)25-22(28)17(13-24)10-15-8-9-19(20(12-15)30-3)31-14-16-6-5-7-18(11-16)29-2/h5-12H,4,14H2,1-3H3,(H,25,27,28). The second-order valence-electron chi connectivity index (χ2n) is 6.53. The highest BCUT2D eigenvalue weighted by Gasteiger charge is 2.13. The van der Waals surface area contributed by atoms with Crippen molar-refractivity contribution >= 4 is 28.5 Å². The first-order chi connectivity index (χ1) is 15.6. The van der Waals surface area contributed by atoms with E-state index in [0.717, 1.165) is 22.7 Å². The van der Waals surface area contributed by atoms with E-state index in [2.05, 4.69) is 15.5 Å². The molecule has 0 bridgehead atoms. The molecule has 2 aromatic carbocycles. The van der Waals surface area contributed by atoms with E-state index in [1.54, 1.807) is 25.3 Å². The minimum atomic E-state index is -0.552. The lowest BCUT2D eigenvalue weighted by atomic mass is 10.1. The third-order valence-electron chi connectivity index (χ3n) is 4.38. The van der Waals surface area contributed by atoms with E-state index in [4.69, 9.17) is 14.2 Å². The monoisotopic (exact) mass is 450 g/mol. The average molecular weight is 451 g/mol. The van der Waals surface area contributed by atoms with Crippen LogP contribution in [0.1, 0.15) is 23.1 Å². The zero-order valence-electron chi connectivity index (χ0n) is 17.9. The number of benzene rings is 2. The molecule has 0 aliphatic heterocycles. The van der Waals surface area contributed by atoms with Crippen molar-refractivity contribution in [2.45, 2.75) is 20.0 Å². The average Bonchev–Trinajstić information content (AvgIpc) is 3.28. The molecule has 0 saturated heterocycles. The first-order valence-corrected chi connectivity index (χ1v) is 10.6. The summed E-state index contributed by atoms with van der Waals surface area (Å²) in [7, 11) is 3.14. The van der Waals surface area contributed by atoms with E-state index >= 15 is 0 Å². The van der Waals surface area contributed by atoms with Crippen molar-refractivity contribution in [3.8, 4) is 23.3 Å². The summed E-state index contributed by atoms with van der Waals surface area (Å²) >= 11 is 1.27. The molecule has 1 heterocycles. The van der Waals surface area contributed by atoms with Gasteiger partial charge in [-0.3, -0.25) is 10.1 Å². The fourth-order valence-electron chi connectivity index (χ4n) is 2.74. The maximum atomic E-state index is 12.4. The Balaban J connectivity index is 1.73. The first-order valence-electron chi connectivity index (χ1n) is 9.75. The number of amides is 1. The van der Waals surface area contributed by atoms with Crippen LogP contribution in [0, 0.1) is 11.3 Å². The summed E-state index contributed by atoms with van der Waals surface area (Å²) in [5, 5.41) is 21.1. The lowest BCUT2D eigenvalue weighted by Gasteiger charge is -2.12. The van der Waals surface area contributed by atoms with E-state index in [-0.39, 0.29) is 5.57 Å². The number of carbonyl (C=O) groups excluding carboxylic acids is 1. The Kier molecular flexibility index (Phi) is 7.78. The van der Waals surface area contributed by atoms with Crippen molar-refractivity contribution in [1.29, 1.82) is 5.26 Å². The molecule has 0 fully saturated rings. The predicted octanol–water partition coefficient (Wildman–Crippen LogP) is 4.24. The second-order valence-corrected chi connectivity index (χ2v) is 7.59. The van der Waals surface area contributed by atoms with E-state index in [0.29, 0.717) is 28.8 Å². The lowest BCUT2D eigenvalue weighted by Crippen LogP contribution is -2.13. The van der Waals surface area contributed by atoms with Gasteiger partial charge in [0.2, 0.25) is 5.13 Å². The molecular formula is C23H22N4O4S. The molecule has 1 amide bonds. The molecule has 0 radical (unpaired) electrons. The van der Waals surface area contributed by atoms with Crippen LogP contribution in [0.2, 0.25) is 0 Å². The number of hydrogen-bond acceptors (Lipinski definition) is 8. The van der Waals surface area contributed by atoms with Crippen LogP contribution in [0.3, 0.4) is 0 Å². The fourth-order valence-corrected chi connectivity index (χ4v) is 3.42. The van der Waals surface area contributed by atoms with Crippen molar-refractivity contribution in [1.82, 2.24) is 10.2 Å². The van der Waals surface area contributed by atoms with Crippen LogP contribution in [0.15, 0.2) is 48.0 Å². The highest BCUT2D eigenvalue weighted by molar-refractivity contribution is 7.15. The predicted molar refractivity (Wildman–Crippen MR) is 122 cm³/mol. The molecular weight excluding hydrogens is 428 g/mol. The van der Waals surface area contributed by atoms with E-state index in [1.807, 2.05) is 37.3 Å². The SMILES string of the molecule is CCc1nnc(NC(=O)C(C#N)=Cc2ccc(OCc3cccc(OC)c3)c(OC)c2)s1. The van der Waals surface area contributed by atoms with Gasteiger partial charge in [0.15, 0.2) is 11.5 Å². The van der Waals surface area contributed by atoms with Crippen LogP contribution in [-0.4, -0.2) is 30.3 Å². The van der Waals surface area contributed by atoms with Crippen LogP contribution >= 0.6 is 11.3 Å². The smallest absolute Gasteiger partial charge is 0.268 e. The normalized spacial score (nSPS) is 10.9. The molecule has 9 heteroatoms.